The first-order valence-corrected chi connectivity index (χ1v) is 12.2. The molecule has 4 rings (SSSR count). The number of fused-ring (bicyclic) bond motifs is 1. The molecule has 2 aromatic carbocycles. The van der Waals surface area contributed by atoms with E-state index in [1.807, 2.05) is 24.4 Å². The van der Waals surface area contributed by atoms with Gasteiger partial charge in [0.15, 0.2) is 0 Å². The van der Waals surface area contributed by atoms with Crippen LogP contribution in [0, 0.1) is 11.3 Å². The summed E-state index contributed by atoms with van der Waals surface area (Å²) in [5, 5.41) is 9.68. The van der Waals surface area contributed by atoms with Crippen LogP contribution in [-0.2, 0) is 0 Å². The van der Waals surface area contributed by atoms with Crippen molar-refractivity contribution in [2.45, 2.75) is 76.5 Å². The summed E-state index contributed by atoms with van der Waals surface area (Å²) in [6, 6.07) is 10.2. The van der Waals surface area contributed by atoms with Crippen LogP contribution in [0.2, 0.25) is 0 Å². The minimum Gasteiger partial charge on any atom is -0.495 e. The number of carbonyl (C=O) groups is 1. The molecule has 1 heterocycles. The fourth-order valence-corrected chi connectivity index (χ4v) is 5.56. The van der Waals surface area contributed by atoms with Gasteiger partial charge >= 0.3 is 0 Å². The van der Waals surface area contributed by atoms with Crippen molar-refractivity contribution in [3.63, 3.8) is 0 Å². The molecule has 0 radical (unpaired) electrons. The Kier molecular flexibility index (Phi) is 7.13. The highest BCUT2D eigenvalue weighted by Crippen LogP contribution is 2.48. The number of benzene rings is 2. The molecule has 5 nitrogen and oxygen atoms in total. The average Bonchev–Trinajstić information content (AvgIpc) is 2.81. The third-order valence-corrected chi connectivity index (χ3v) is 7.30. The van der Waals surface area contributed by atoms with Crippen molar-refractivity contribution in [3.05, 3.63) is 46.5 Å². The maximum atomic E-state index is 12.8. The lowest BCUT2D eigenvalue weighted by atomic mass is 9.76. The van der Waals surface area contributed by atoms with Gasteiger partial charge in [-0.2, -0.15) is 5.26 Å². The zero-order valence-corrected chi connectivity index (χ0v) is 19.7. The molecule has 1 fully saturated rings. The molecular weight excluding hydrogens is 410 g/mol. The number of ether oxygens (including phenoxy) is 1. The van der Waals surface area contributed by atoms with Gasteiger partial charge in [0, 0.05) is 6.21 Å². The molecule has 0 bridgehead atoms. The number of nitrogens with zero attached hydrogens (tertiary/aromatic N) is 2. The second-order valence-electron chi connectivity index (χ2n) is 9.24. The lowest BCUT2D eigenvalue weighted by Gasteiger charge is -2.29. The summed E-state index contributed by atoms with van der Waals surface area (Å²) in [7, 11) is 1.58. The predicted molar refractivity (Wildman–Crippen MR) is 133 cm³/mol. The molecule has 33 heavy (non-hydrogen) atoms. The lowest BCUT2D eigenvalue weighted by Crippen LogP contribution is -2.20. The molecule has 0 aromatic heterocycles. The van der Waals surface area contributed by atoms with Crippen molar-refractivity contribution in [1.29, 1.82) is 5.26 Å². The molecule has 2 aromatic rings. The minimum atomic E-state index is -0.392. The van der Waals surface area contributed by atoms with Crippen molar-refractivity contribution in [1.82, 2.24) is 0 Å². The van der Waals surface area contributed by atoms with E-state index in [2.05, 4.69) is 19.1 Å². The molecule has 1 atom stereocenters. The lowest BCUT2D eigenvalue weighted by molar-refractivity contribution is 0.0999. The molecule has 1 saturated carbocycles. The summed E-state index contributed by atoms with van der Waals surface area (Å²) >= 11 is 0. The van der Waals surface area contributed by atoms with E-state index in [0.717, 1.165) is 66.5 Å². The fraction of sp³-hybridized carbons (Fsp3) is 0.464. The monoisotopic (exact) mass is 443 g/mol. The Balaban J connectivity index is 1.98. The summed E-state index contributed by atoms with van der Waals surface area (Å²) < 4.78 is 5.37. The standard InChI is InChI=1S/C28H33N3O2/c1-3-18-13-14-31-27-25(18)23(20-11-12-24(33-2)21(15-20)17-29)16-22(26(27)28(30)32)19-9-7-5-4-6-8-10-19/h11-12,14-16,18-19H,3-10,13H2,1-2H3,(H2,30,32). The van der Waals surface area contributed by atoms with E-state index in [1.165, 1.54) is 19.3 Å². The molecule has 1 unspecified atom stereocenters. The van der Waals surface area contributed by atoms with Gasteiger partial charge in [-0.25, -0.2) is 0 Å². The number of primary amides is 1. The number of aliphatic imine (C=N–C) groups is 1. The number of amides is 1. The van der Waals surface area contributed by atoms with Gasteiger partial charge in [-0.3, -0.25) is 9.79 Å². The summed E-state index contributed by atoms with van der Waals surface area (Å²) in [5.74, 6) is 0.720. The van der Waals surface area contributed by atoms with E-state index in [1.54, 1.807) is 7.11 Å². The van der Waals surface area contributed by atoms with Gasteiger partial charge in [0.1, 0.15) is 11.8 Å². The van der Waals surface area contributed by atoms with Crippen LogP contribution in [0.5, 0.6) is 5.75 Å². The highest BCUT2D eigenvalue weighted by atomic mass is 16.5. The Morgan fingerprint density at radius 2 is 1.91 bits per heavy atom. The number of hydrogen-bond acceptors (Lipinski definition) is 4. The number of nitrogens with two attached hydrogens (primary N) is 1. The fourth-order valence-electron chi connectivity index (χ4n) is 5.56. The molecule has 0 saturated heterocycles. The third-order valence-electron chi connectivity index (χ3n) is 7.30. The second kappa shape index (κ2) is 10.2. The summed E-state index contributed by atoms with van der Waals surface area (Å²) in [4.78, 5) is 17.6. The van der Waals surface area contributed by atoms with Crippen LogP contribution in [0.3, 0.4) is 0 Å². The van der Waals surface area contributed by atoms with E-state index in [9.17, 15) is 10.1 Å². The SMILES string of the molecule is CCC1CC=Nc2c(C(N)=O)c(C3CCCCCCC3)cc(-c3ccc(OC)c(C#N)c3)c21. The van der Waals surface area contributed by atoms with Crippen LogP contribution in [0.15, 0.2) is 29.3 Å². The zero-order valence-electron chi connectivity index (χ0n) is 19.7. The molecular formula is C28H33N3O2. The van der Waals surface area contributed by atoms with Gasteiger partial charge in [-0.15, -0.1) is 0 Å². The smallest absolute Gasteiger partial charge is 0.251 e. The van der Waals surface area contributed by atoms with Crippen LogP contribution >= 0.6 is 0 Å². The Hall–Kier alpha value is -3.13. The Morgan fingerprint density at radius 1 is 1.18 bits per heavy atom. The molecule has 5 heteroatoms. The van der Waals surface area contributed by atoms with Gasteiger partial charge in [0.05, 0.1) is 23.9 Å². The number of rotatable bonds is 5. The van der Waals surface area contributed by atoms with Gasteiger partial charge in [0.2, 0.25) is 0 Å². The van der Waals surface area contributed by atoms with Crippen LogP contribution in [0.1, 0.15) is 104 Å². The molecule has 1 aliphatic heterocycles. The summed E-state index contributed by atoms with van der Waals surface area (Å²) in [6.07, 6.45) is 11.9. The first-order valence-electron chi connectivity index (χ1n) is 12.2. The van der Waals surface area contributed by atoms with Crippen molar-refractivity contribution >= 4 is 17.8 Å². The van der Waals surface area contributed by atoms with Crippen molar-refractivity contribution in [2.24, 2.45) is 10.7 Å². The maximum Gasteiger partial charge on any atom is 0.251 e. The van der Waals surface area contributed by atoms with E-state index in [4.69, 9.17) is 15.5 Å². The molecule has 172 valence electrons. The van der Waals surface area contributed by atoms with Crippen molar-refractivity contribution in [3.8, 4) is 22.9 Å². The van der Waals surface area contributed by atoms with E-state index in [-0.39, 0.29) is 5.92 Å². The highest BCUT2D eigenvalue weighted by Gasteiger charge is 2.30. The normalized spacial score (nSPS) is 18.6. The molecule has 0 spiro atoms. The summed E-state index contributed by atoms with van der Waals surface area (Å²) in [6.45, 7) is 2.17. The van der Waals surface area contributed by atoms with Crippen LogP contribution in [0.4, 0.5) is 5.69 Å². The Bertz CT molecular complexity index is 1110. The molecule has 2 aliphatic rings. The van der Waals surface area contributed by atoms with E-state index in [0.29, 0.717) is 22.8 Å². The first kappa shape index (κ1) is 23.0. The predicted octanol–water partition coefficient (Wildman–Crippen LogP) is 6.76. The average molecular weight is 444 g/mol. The number of nitriles is 1. The van der Waals surface area contributed by atoms with Crippen molar-refractivity contribution in [2.75, 3.05) is 7.11 Å². The van der Waals surface area contributed by atoms with E-state index < -0.39 is 5.91 Å². The molecule has 1 amide bonds. The Labute approximate surface area is 196 Å². The van der Waals surface area contributed by atoms with Gasteiger partial charge in [-0.1, -0.05) is 45.1 Å². The van der Waals surface area contributed by atoms with Crippen molar-refractivity contribution < 1.29 is 9.53 Å². The zero-order chi connectivity index (χ0) is 23.4. The quantitative estimate of drug-likeness (QED) is 0.553. The van der Waals surface area contributed by atoms with Crippen LogP contribution in [-0.4, -0.2) is 19.2 Å². The summed E-state index contributed by atoms with van der Waals surface area (Å²) in [5.41, 5.74) is 12.0. The molecule has 2 N–H and O–H groups in total. The number of hydrogen-bond donors (Lipinski definition) is 1. The largest absolute Gasteiger partial charge is 0.495 e. The van der Waals surface area contributed by atoms with E-state index >= 15 is 0 Å². The first-order chi connectivity index (χ1) is 16.1. The number of carbonyl (C=O) groups excluding carboxylic acids is 1. The topological polar surface area (TPSA) is 88.5 Å². The Morgan fingerprint density at radius 3 is 2.55 bits per heavy atom. The van der Waals surface area contributed by atoms with Gasteiger partial charge < -0.3 is 10.5 Å². The molecule has 1 aliphatic carbocycles. The minimum absolute atomic E-state index is 0.254. The van der Waals surface area contributed by atoms with Crippen LogP contribution in [0.25, 0.3) is 11.1 Å². The van der Waals surface area contributed by atoms with Gasteiger partial charge in [0.25, 0.3) is 5.91 Å². The third kappa shape index (κ3) is 4.53. The van der Waals surface area contributed by atoms with Gasteiger partial charge in [-0.05, 0) is 78.0 Å². The number of methoxy groups -OCH3 is 1. The maximum absolute atomic E-state index is 12.8. The highest BCUT2D eigenvalue weighted by molar-refractivity contribution is 6.03. The second-order valence-corrected chi connectivity index (χ2v) is 9.24. The van der Waals surface area contributed by atoms with Crippen LogP contribution < -0.4 is 10.5 Å².